The lowest BCUT2D eigenvalue weighted by Crippen LogP contribution is -2.05. The van der Waals surface area contributed by atoms with Crippen molar-refractivity contribution in [1.29, 1.82) is 0 Å². The Morgan fingerprint density at radius 3 is 3.18 bits per heavy atom. The zero-order valence-corrected chi connectivity index (χ0v) is 5.41. The molecule has 0 radical (unpaired) electrons. The summed E-state index contributed by atoms with van der Waals surface area (Å²) < 4.78 is 0. The molecule has 2 heterocycles. The zero-order chi connectivity index (χ0) is 7.52. The summed E-state index contributed by atoms with van der Waals surface area (Å²) >= 11 is 0. The third-order valence-electron chi connectivity index (χ3n) is 1.06. The molecular formula is C3H4N8. The molecule has 2 aromatic heterocycles. The van der Waals surface area contributed by atoms with Crippen LogP contribution in [0.2, 0.25) is 0 Å². The van der Waals surface area contributed by atoms with Crippen LogP contribution >= 0.6 is 0 Å². The lowest BCUT2D eigenvalue weighted by Gasteiger charge is -1.88. The Hall–Kier alpha value is -1.86. The van der Waals surface area contributed by atoms with E-state index in [1.54, 1.807) is 0 Å². The minimum Gasteiger partial charge on any atom is -0.177 e. The van der Waals surface area contributed by atoms with Gasteiger partial charge < -0.3 is 0 Å². The van der Waals surface area contributed by atoms with Crippen LogP contribution in [0.3, 0.4) is 0 Å². The topological polar surface area (TPSA) is 98.1 Å². The molecule has 2 aromatic rings. The summed E-state index contributed by atoms with van der Waals surface area (Å²) in [5.74, 6) is 0.531. The van der Waals surface area contributed by atoms with Gasteiger partial charge in [-0.3, -0.25) is 0 Å². The average molecular weight is 152 g/mol. The Kier molecular flexibility index (Phi) is 1.29. The SMILES string of the molecule is c1nnn(Cc2nn[nH]n2)n1. The van der Waals surface area contributed by atoms with Gasteiger partial charge in [0, 0.05) is 0 Å². The number of aromatic nitrogens is 8. The van der Waals surface area contributed by atoms with E-state index in [0.717, 1.165) is 0 Å². The molecule has 0 saturated carbocycles. The first-order valence-electron chi connectivity index (χ1n) is 2.88. The molecule has 8 heteroatoms. The maximum absolute atomic E-state index is 3.76. The average Bonchev–Trinajstić information content (AvgIpc) is 2.60. The van der Waals surface area contributed by atoms with E-state index in [2.05, 4.69) is 36.0 Å². The molecule has 8 nitrogen and oxygen atoms in total. The lowest BCUT2D eigenvalue weighted by atomic mass is 10.6. The van der Waals surface area contributed by atoms with Crippen LogP contribution in [0.15, 0.2) is 6.33 Å². The molecule has 0 fully saturated rings. The van der Waals surface area contributed by atoms with E-state index < -0.39 is 0 Å². The van der Waals surface area contributed by atoms with Crippen LogP contribution in [0.4, 0.5) is 0 Å². The Morgan fingerprint density at radius 1 is 1.55 bits per heavy atom. The van der Waals surface area contributed by atoms with E-state index in [9.17, 15) is 0 Å². The van der Waals surface area contributed by atoms with Gasteiger partial charge in [-0.15, -0.1) is 20.4 Å². The monoisotopic (exact) mass is 152 g/mol. The van der Waals surface area contributed by atoms with Crippen LogP contribution in [-0.2, 0) is 6.54 Å². The highest BCUT2D eigenvalue weighted by Gasteiger charge is 1.99. The number of tetrazole rings is 2. The molecule has 0 aliphatic rings. The fourth-order valence-corrected chi connectivity index (χ4v) is 0.637. The summed E-state index contributed by atoms with van der Waals surface area (Å²) in [4.78, 5) is 1.37. The van der Waals surface area contributed by atoms with Gasteiger partial charge in [0.1, 0.15) is 6.54 Å². The van der Waals surface area contributed by atoms with Crippen LogP contribution in [0.1, 0.15) is 5.82 Å². The van der Waals surface area contributed by atoms with Crippen LogP contribution in [-0.4, -0.2) is 40.8 Å². The molecular weight excluding hydrogens is 148 g/mol. The molecule has 1 N–H and O–H groups in total. The fraction of sp³-hybridized carbons (Fsp3) is 0.333. The van der Waals surface area contributed by atoms with E-state index in [1.165, 1.54) is 11.1 Å². The van der Waals surface area contributed by atoms with Gasteiger partial charge in [0.2, 0.25) is 0 Å². The summed E-state index contributed by atoms with van der Waals surface area (Å²) in [5, 5.41) is 24.0. The largest absolute Gasteiger partial charge is 0.197 e. The number of H-pyrrole nitrogens is 1. The Bertz CT molecular complexity index is 262. The number of hydrogen-bond acceptors (Lipinski definition) is 6. The minimum absolute atomic E-state index is 0.385. The minimum atomic E-state index is 0.385. The summed E-state index contributed by atoms with van der Waals surface area (Å²) in [6.45, 7) is 0.385. The standard InChI is InChI=1S/C3H4N8/c1(3-6-8-9-7-3)11-5-2-4-10-11/h2H,1H2,(H,6,7,8,9). The Morgan fingerprint density at radius 2 is 2.55 bits per heavy atom. The van der Waals surface area contributed by atoms with Crippen molar-refractivity contribution in [2.45, 2.75) is 6.54 Å². The zero-order valence-electron chi connectivity index (χ0n) is 5.41. The van der Waals surface area contributed by atoms with Gasteiger partial charge in [0.25, 0.3) is 0 Å². The van der Waals surface area contributed by atoms with Gasteiger partial charge in [-0.1, -0.05) is 5.21 Å². The van der Waals surface area contributed by atoms with E-state index in [-0.39, 0.29) is 0 Å². The predicted molar refractivity (Wildman–Crippen MR) is 31.1 cm³/mol. The van der Waals surface area contributed by atoms with Crippen molar-refractivity contribution >= 4 is 0 Å². The van der Waals surface area contributed by atoms with Crippen LogP contribution in [0.25, 0.3) is 0 Å². The molecule has 2 rings (SSSR count). The molecule has 0 saturated heterocycles. The van der Waals surface area contributed by atoms with E-state index in [0.29, 0.717) is 12.4 Å². The van der Waals surface area contributed by atoms with Gasteiger partial charge in [0.15, 0.2) is 12.2 Å². The quantitative estimate of drug-likeness (QED) is 0.547. The molecule has 0 bridgehead atoms. The van der Waals surface area contributed by atoms with Gasteiger partial charge in [0.05, 0.1) is 0 Å². The van der Waals surface area contributed by atoms with Crippen LogP contribution in [0.5, 0.6) is 0 Å². The molecule has 0 atom stereocenters. The number of nitrogens with one attached hydrogen (secondary N) is 1. The summed E-state index contributed by atoms with van der Waals surface area (Å²) in [5.41, 5.74) is 0. The first-order chi connectivity index (χ1) is 5.45. The highest BCUT2D eigenvalue weighted by atomic mass is 15.6. The van der Waals surface area contributed by atoms with Gasteiger partial charge >= 0.3 is 0 Å². The third kappa shape index (κ3) is 1.18. The molecule has 0 amide bonds. The molecule has 0 spiro atoms. The van der Waals surface area contributed by atoms with Crippen molar-refractivity contribution in [2.24, 2.45) is 0 Å². The second kappa shape index (κ2) is 2.40. The van der Waals surface area contributed by atoms with Gasteiger partial charge in [-0.2, -0.15) is 10.0 Å². The molecule has 0 unspecified atom stereocenters. The van der Waals surface area contributed by atoms with Crippen molar-refractivity contribution in [3.05, 3.63) is 12.2 Å². The van der Waals surface area contributed by atoms with Gasteiger partial charge in [-0.05, 0) is 5.21 Å². The second-order valence-corrected chi connectivity index (χ2v) is 1.79. The maximum Gasteiger partial charge on any atom is 0.197 e. The summed E-state index contributed by atoms with van der Waals surface area (Å²) in [7, 11) is 0. The molecule has 11 heavy (non-hydrogen) atoms. The van der Waals surface area contributed by atoms with E-state index >= 15 is 0 Å². The number of nitrogens with zero attached hydrogens (tertiary/aromatic N) is 7. The van der Waals surface area contributed by atoms with Crippen LogP contribution in [0, 0.1) is 0 Å². The smallest absolute Gasteiger partial charge is 0.177 e. The predicted octanol–water partition coefficient (Wildman–Crippen LogP) is -1.77. The van der Waals surface area contributed by atoms with Crippen molar-refractivity contribution in [3.8, 4) is 0 Å². The third-order valence-corrected chi connectivity index (χ3v) is 1.06. The fourth-order valence-electron chi connectivity index (χ4n) is 0.637. The maximum atomic E-state index is 3.76. The normalized spacial score (nSPS) is 10.2. The molecule has 56 valence electrons. The molecule has 0 aromatic carbocycles. The molecule has 0 aliphatic heterocycles. The number of rotatable bonds is 2. The Balaban J connectivity index is 2.14. The van der Waals surface area contributed by atoms with Gasteiger partial charge in [-0.25, -0.2) is 0 Å². The Labute approximate surface area is 60.6 Å². The number of aromatic amines is 1. The highest BCUT2D eigenvalue weighted by Crippen LogP contribution is 1.84. The van der Waals surface area contributed by atoms with Crippen LogP contribution < -0.4 is 0 Å². The number of hydrogen-bond donors (Lipinski definition) is 1. The van der Waals surface area contributed by atoms with Crippen molar-refractivity contribution in [1.82, 2.24) is 40.8 Å². The van der Waals surface area contributed by atoms with E-state index in [1.807, 2.05) is 0 Å². The first-order valence-corrected chi connectivity index (χ1v) is 2.88. The second-order valence-electron chi connectivity index (χ2n) is 1.79. The van der Waals surface area contributed by atoms with E-state index in [4.69, 9.17) is 0 Å². The lowest BCUT2D eigenvalue weighted by molar-refractivity contribution is 0.554. The van der Waals surface area contributed by atoms with Crippen molar-refractivity contribution in [2.75, 3.05) is 0 Å². The summed E-state index contributed by atoms with van der Waals surface area (Å²) in [6.07, 6.45) is 1.35. The summed E-state index contributed by atoms with van der Waals surface area (Å²) in [6, 6.07) is 0. The first kappa shape index (κ1) is 5.89. The van der Waals surface area contributed by atoms with Crippen molar-refractivity contribution < 1.29 is 0 Å². The molecule has 0 aliphatic carbocycles. The highest BCUT2D eigenvalue weighted by molar-refractivity contribution is 4.73. The van der Waals surface area contributed by atoms with Crippen molar-refractivity contribution in [3.63, 3.8) is 0 Å².